The van der Waals surface area contributed by atoms with Gasteiger partial charge >= 0.3 is 0 Å². The largest absolute Gasteiger partial charge is 0.508 e. The monoisotopic (exact) mass is 286 g/mol. The van der Waals surface area contributed by atoms with Gasteiger partial charge < -0.3 is 14.4 Å². The Labute approximate surface area is 122 Å². The molecule has 3 heterocycles. The number of rotatable bonds is 2. The summed E-state index contributed by atoms with van der Waals surface area (Å²) in [5.74, 6) is 0.409. The third kappa shape index (κ3) is 2.00. The van der Waals surface area contributed by atoms with Crippen LogP contribution < -0.4 is 0 Å². The summed E-state index contributed by atoms with van der Waals surface area (Å²) in [7, 11) is 0. The molecule has 2 saturated heterocycles. The maximum Gasteiger partial charge on any atom is 0.219 e. The van der Waals surface area contributed by atoms with Gasteiger partial charge in [-0.15, -0.1) is 0 Å². The predicted octanol–water partition coefficient (Wildman–Crippen LogP) is 1.94. The Hall–Kier alpha value is -2.01. The summed E-state index contributed by atoms with van der Waals surface area (Å²) < 4.78 is 5.53. The fourth-order valence-corrected chi connectivity index (χ4v) is 3.74. The number of hydrogen-bond acceptors (Lipinski definition) is 4. The van der Waals surface area contributed by atoms with Crippen LogP contribution in [0.25, 0.3) is 11.0 Å². The number of piperazine rings is 1. The number of hydrogen-bond donors (Lipinski definition) is 1. The summed E-state index contributed by atoms with van der Waals surface area (Å²) in [6.07, 6.45) is 2.86. The van der Waals surface area contributed by atoms with Crippen LogP contribution in [-0.2, 0) is 11.3 Å². The van der Waals surface area contributed by atoms with E-state index in [2.05, 4.69) is 4.90 Å². The number of fused-ring (bicyclic) bond motifs is 3. The number of aromatic hydroxyl groups is 1. The van der Waals surface area contributed by atoms with Crippen molar-refractivity contribution in [3.8, 4) is 5.75 Å². The van der Waals surface area contributed by atoms with E-state index in [1.807, 2.05) is 11.0 Å². The van der Waals surface area contributed by atoms with Crippen molar-refractivity contribution in [3.63, 3.8) is 0 Å². The molecule has 5 heteroatoms. The number of phenolic OH excluding ortho intramolecular Hbond substituents is 1. The van der Waals surface area contributed by atoms with Crippen molar-refractivity contribution >= 4 is 16.9 Å². The van der Waals surface area contributed by atoms with E-state index in [1.165, 1.54) is 0 Å². The van der Waals surface area contributed by atoms with Gasteiger partial charge in [0, 0.05) is 55.7 Å². The Morgan fingerprint density at radius 2 is 2.24 bits per heavy atom. The molecule has 4 rings (SSSR count). The Kier molecular flexibility index (Phi) is 2.72. The van der Waals surface area contributed by atoms with Gasteiger partial charge in [-0.2, -0.15) is 0 Å². The number of phenols is 1. The van der Waals surface area contributed by atoms with Crippen LogP contribution in [0.2, 0.25) is 0 Å². The highest BCUT2D eigenvalue weighted by atomic mass is 16.3. The van der Waals surface area contributed by atoms with E-state index in [9.17, 15) is 9.90 Å². The predicted molar refractivity (Wildman–Crippen MR) is 77.9 cm³/mol. The van der Waals surface area contributed by atoms with Crippen molar-refractivity contribution in [3.05, 3.63) is 30.0 Å². The number of carbonyl (C=O) groups excluding carboxylic acids is 1. The van der Waals surface area contributed by atoms with Crippen molar-refractivity contribution in [1.82, 2.24) is 9.80 Å². The molecule has 1 aromatic heterocycles. The molecule has 2 atom stereocenters. The molecule has 2 aliphatic heterocycles. The molecule has 5 nitrogen and oxygen atoms in total. The SMILES string of the molecule is CC(=O)N1C[C@@H]2CC1CN2Cc1coc2cc(O)ccc12. The van der Waals surface area contributed by atoms with Gasteiger partial charge in [-0.3, -0.25) is 9.69 Å². The maximum atomic E-state index is 11.5. The Bertz CT molecular complexity index is 709. The lowest BCUT2D eigenvalue weighted by Gasteiger charge is -2.33. The summed E-state index contributed by atoms with van der Waals surface area (Å²) >= 11 is 0. The summed E-state index contributed by atoms with van der Waals surface area (Å²) in [4.78, 5) is 16.0. The minimum absolute atomic E-state index is 0.186. The fourth-order valence-electron chi connectivity index (χ4n) is 3.74. The molecule has 2 fully saturated rings. The van der Waals surface area contributed by atoms with Gasteiger partial charge in [-0.1, -0.05) is 0 Å². The van der Waals surface area contributed by atoms with E-state index >= 15 is 0 Å². The van der Waals surface area contributed by atoms with Crippen LogP contribution in [0.3, 0.4) is 0 Å². The number of benzene rings is 1. The van der Waals surface area contributed by atoms with Crippen LogP contribution in [0, 0.1) is 0 Å². The second kappa shape index (κ2) is 4.49. The Balaban J connectivity index is 1.54. The van der Waals surface area contributed by atoms with E-state index in [1.54, 1.807) is 25.3 Å². The molecular formula is C16H18N2O3. The van der Waals surface area contributed by atoms with Gasteiger partial charge in [-0.05, 0) is 18.6 Å². The zero-order chi connectivity index (χ0) is 14.6. The summed E-state index contributed by atoms with van der Waals surface area (Å²) in [6, 6.07) is 6.07. The zero-order valence-electron chi connectivity index (χ0n) is 12.0. The topological polar surface area (TPSA) is 56.9 Å². The van der Waals surface area contributed by atoms with Crippen LogP contribution in [0.1, 0.15) is 18.9 Å². The molecule has 0 saturated carbocycles. The first-order valence-electron chi connectivity index (χ1n) is 7.32. The molecule has 1 N–H and O–H groups in total. The standard InChI is InChI=1S/C16H18N2O3/c1-10(19)18-8-12-4-13(18)7-17(12)6-11-9-21-16-5-14(20)2-3-15(11)16/h2-3,5,9,12-13,20H,4,6-8H2,1H3/t12-,13?/m0/s1. The van der Waals surface area contributed by atoms with Crippen molar-refractivity contribution in [1.29, 1.82) is 0 Å². The molecule has 1 amide bonds. The van der Waals surface area contributed by atoms with Crippen LogP contribution in [0.15, 0.2) is 28.9 Å². The lowest BCUT2D eigenvalue weighted by atomic mass is 10.1. The molecule has 1 aromatic carbocycles. The molecule has 2 bridgehead atoms. The normalized spacial score (nSPS) is 25.1. The third-order valence-electron chi connectivity index (χ3n) is 4.77. The van der Waals surface area contributed by atoms with E-state index in [0.717, 1.165) is 42.6 Å². The van der Waals surface area contributed by atoms with E-state index in [-0.39, 0.29) is 11.7 Å². The molecule has 2 aromatic rings. The van der Waals surface area contributed by atoms with Crippen molar-refractivity contribution in [2.45, 2.75) is 32.0 Å². The molecule has 0 spiro atoms. The summed E-state index contributed by atoms with van der Waals surface area (Å²) in [6.45, 7) is 4.28. The number of likely N-dealkylation sites (tertiary alicyclic amines) is 2. The lowest BCUT2D eigenvalue weighted by molar-refractivity contribution is -0.131. The smallest absolute Gasteiger partial charge is 0.219 e. The van der Waals surface area contributed by atoms with Gasteiger partial charge in [0.15, 0.2) is 0 Å². The molecule has 0 radical (unpaired) electrons. The number of carbonyl (C=O) groups is 1. The van der Waals surface area contributed by atoms with Crippen LogP contribution in [0.4, 0.5) is 0 Å². The summed E-state index contributed by atoms with van der Waals surface area (Å²) in [5.41, 5.74) is 1.87. The lowest BCUT2D eigenvalue weighted by Crippen LogP contribution is -2.47. The molecule has 2 aliphatic rings. The van der Waals surface area contributed by atoms with E-state index < -0.39 is 0 Å². The first-order chi connectivity index (χ1) is 10.1. The van der Waals surface area contributed by atoms with Gasteiger partial charge in [0.1, 0.15) is 11.3 Å². The van der Waals surface area contributed by atoms with Crippen LogP contribution in [-0.4, -0.2) is 46.0 Å². The van der Waals surface area contributed by atoms with Crippen LogP contribution in [0.5, 0.6) is 5.75 Å². The fraction of sp³-hybridized carbons (Fsp3) is 0.438. The van der Waals surface area contributed by atoms with Crippen molar-refractivity contribution in [2.75, 3.05) is 13.1 Å². The maximum absolute atomic E-state index is 11.5. The number of nitrogens with zero attached hydrogens (tertiary/aromatic N) is 2. The third-order valence-corrected chi connectivity index (χ3v) is 4.77. The van der Waals surface area contributed by atoms with Gasteiger partial charge in [0.25, 0.3) is 0 Å². The average molecular weight is 286 g/mol. The minimum atomic E-state index is 0.186. The minimum Gasteiger partial charge on any atom is -0.508 e. The first-order valence-corrected chi connectivity index (χ1v) is 7.32. The number of furan rings is 1. The van der Waals surface area contributed by atoms with Crippen molar-refractivity contribution < 1.29 is 14.3 Å². The molecule has 0 aliphatic carbocycles. The van der Waals surface area contributed by atoms with Gasteiger partial charge in [0.2, 0.25) is 5.91 Å². The van der Waals surface area contributed by atoms with E-state index in [4.69, 9.17) is 4.42 Å². The average Bonchev–Trinajstić information content (AvgIpc) is 3.12. The quantitative estimate of drug-likeness (QED) is 0.916. The van der Waals surface area contributed by atoms with Gasteiger partial charge in [0.05, 0.1) is 6.26 Å². The Morgan fingerprint density at radius 3 is 2.95 bits per heavy atom. The second-order valence-electron chi connectivity index (χ2n) is 6.09. The highest BCUT2D eigenvalue weighted by Crippen LogP contribution is 2.33. The highest BCUT2D eigenvalue weighted by molar-refractivity contribution is 5.82. The second-order valence-corrected chi connectivity index (χ2v) is 6.09. The zero-order valence-corrected chi connectivity index (χ0v) is 12.0. The van der Waals surface area contributed by atoms with Crippen molar-refractivity contribution in [2.24, 2.45) is 0 Å². The molecule has 21 heavy (non-hydrogen) atoms. The molecular weight excluding hydrogens is 268 g/mol. The highest BCUT2D eigenvalue weighted by Gasteiger charge is 2.44. The first kappa shape index (κ1) is 12.7. The van der Waals surface area contributed by atoms with E-state index in [0.29, 0.717) is 12.1 Å². The van der Waals surface area contributed by atoms with Gasteiger partial charge in [-0.25, -0.2) is 0 Å². The number of amides is 1. The Morgan fingerprint density at radius 1 is 1.38 bits per heavy atom. The molecule has 1 unspecified atom stereocenters. The van der Waals surface area contributed by atoms with Crippen LogP contribution >= 0.6 is 0 Å². The molecule has 110 valence electrons. The summed E-state index contributed by atoms with van der Waals surface area (Å²) in [5, 5.41) is 10.5.